The number of hydrogen-bond donors (Lipinski definition) is 2. The van der Waals surface area contributed by atoms with E-state index in [0.29, 0.717) is 23.8 Å². The van der Waals surface area contributed by atoms with Gasteiger partial charge in [-0.15, -0.1) is 0 Å². The topological polar surface area (TPSA) is 86.9 Å². The minimum atomic E-state index is -1.00. The molecule has 4 rings (SSSR count). The molecule has 2 aliphatic rings. The highest BCUT2D eigenvalue weighted by atomic mass is 35.5. The fraction of sp³-hybridized carbons (Fsp3) is 0.391. The van der Waals surface area contributed by atoms with Crippen LogP contribution < -0.4 is 10.6 Å². The van der Waals surface area contributed by atoms with Gasteiger partial charge in [-0.2, -0.15) is 0 Å². The molecule has 0 bridgehead atoms. The first-order chi connectivity index (χ1) is 14.2. The number of rotatable bonds is 4. The van der Waals surface area contributed by atoms with Gasteiger partial charge in [-0.25, -0.2) is 9.59 Å². The highest BCUT2D eigenvalue weighted by Crippen LogP contribution is 2.44. The number of carbonyl (C=O) groups excluding carboxylic acids is 1. The lowest BCUT2D eigenvalue weighted by atomic mass is 9.70. The summed E-state index contributed by atoms with van der Waals surface area (Å²) in [4.78, 5) is 28.1. The molecule has 1 heterocycles. The molecular formula is C23H26ClN3O3. The molecule has 30 heavy (non-hydrogen) atoms. The molecule has 7 heteroatoms. The third-order valence-corrected chi connectivity index (χ3v) is 6.92. The second kappa shape index (κ2) is 7.60. The van der Waals surface area contributed by atoms with Crippen LogP contribution in [-0.4, -0.2) is 40.6 Å². The van der Waals surface area contributed by atoms with E-state index in [9.17, 15) is 14.7 Å². The first kappa shape index (κ1) is 20.7. The maximum absolute atomic E-state index is 13.2. The third kappa shape index (κ3) is 3.66. The van der Waals surface area contributed by atoms with Crippen molar-refractivity contribution in [3.05, 3.63) is 64.7 Å². The van der Waals surface area contributed by atoms with Gasteiger partial charge in [0.15, 0.2) is 0 Å². The van der Waals surface area contributed by atoms with Gasteiger partial charge in [0.25, 0.3) is 0 Å². The van der Waals surface area contributed by atoms with Crippen LogP contribution in [0.15, 0.2) is 48.5 Å². The lowest BCUT2D eigenvalue weighted by Gasteiger charge is -2.47. The summed E-state index contributed by atoms with van der Waals surface area (Å²) < 4.78 is 0. The van der Waals surface area contributed by atoms with Crippen molar-refractivity contribution in [2.45, 2.75) is 43.7 Å². The Bertz CT molecular complexity index is 985. The molecule has 0 unspecified atom stereocenters. The van der Waals surface area contributed by atoms with E-state index in [1.54, 1.807) is 23.1 Å². The van der Waals surface area contributed by atoms with Crippen molar-refractivity contribution >= 4 is 29.3 Å². The van der Waals surface area contributed by atoms with Crippen molar-refractivity contribution in [1.29, 1.82) is 0 Å². The van der Waals surface area contributed by atoms with E-state index in [1.165, 1.54) is 6.07 Å². The zero-order valence-electron chi connectivity index (χ0n) is 17.0. The minimum absolute atomic E-state index is 0.0766. The number of benzene rings is 2. The number of anilines is 1. The van der Waals surface area contributed by atoms with Gasteiger partial charge in [-0.05, 0) is 68.5 Å². The second-order valence-corrected chi connectivity index (χ2v) is 9.04. The lowest BCUT2D eigenvalue weighted by molar-refractivity contribution is 0.0696. The van der Waals surface area contributed by atoms with Crippen molar-refractivity contribution in [2.24, 2.45) is 5.73 Å². The summed E-state index contributed by atoms with van der Waals surface area (Å²) >= 11 is 6.16. The normalized spacial score (nSPS) is 26.8. The quantitative estimate of drug-likeness (QED) is 0.753. The summed E-state index contributed by atoms with van der Waals surface area (Å²) in [6.07, 6.45) is 3.12. The molecule has 0 aromatic heterocycles. The summed E-state index contributed by atoms with van der Waals surface area (Å²) in [5.74, 6) is -1.00. The van der Waals surface area contributed by atoms with Gasteiger partial charge in [0.2, 0.25) is 0 Å². The number of urea groups is 1. The number of carboxylic acid groups (broad SMARTS) is 1. The van der Waals surface area contributed by atoms with Crippen LogP contribution in [0.2, 0.25) is 5.02 Å². The van der Waals surface area contributed by atoms with E-state index in [-0.39, 0.29) is 17.1 Å². The average Bonchev–Trinajstić information content (AvgIpc) is 3.13. The molecule has 2 aromatic carbocycles. The molecule has 2 amide bonds. The lowest BCUT2D eigenvalue weighted by Crippen LogP contribution is -2.54. The van der Waals surface area contributed by atoms with Crippen molar-refractivity contribution in [3.63, 3.8) is 0 Å². The number of nitrogens with two attached hydrogens (primary N) is 1. The minimum Gasteiger partial charge on any atom is -0.478 e. The summed E-state index contributed by atoms with van der Waals surface area (Å²) in [5, 5.41) is 9.92. The number of hydrogen-bond acceptors (Lipinski definition) is 3. The summed E-state index contributed by atoms with van der Waals surface area (Å²) in [6.45, 7) is 3.28. The van der Waals surface area contributed by atoms with Crippen LogP contribution in [0.1, 0.15) is 48.5 Å². The Hall–Kier alpha value is -2.57. The Morgan fingerprint density at radius 2 is 1.77 bits per heavy atom. The summed E-state index contributed by atoms with van der Waals surface area (Å²) in [5.41, 5.74) is 7.85. The first-order valence-corrected chi connectivity index (χ1v) is 10.6. The number of aromatic carboxylic acids is 1. The van der Waals surface area contributed by atoms with E-state index in [1.807, 2.05) is 29.2 Å². The molecule has 2 aromatic rings. The molecule has 1 aliphatic carbocycles. The van der Waals surface area contributed by atoms with Crippen molar-refractivity contribution in [1.82, 2.24) is 4.90 Å². The van der Waals surface area contributed by atoms with E-state index >= 15 is 0 Å². The number of nitrogens with zero attached hydrogens (tertiary/aromatic N) is 2. The Labute approximate surface area is 181 Å². The molecule has 3 N–H and O–H groups in total. The van der Waals surface area contributed by atoms with Crippen LogP contribution in [0.25, 0.3) is 0 Å². The Morgan fingerprint density at radius 1 is 1.07 bits per heavy atom. The Morgan fingerprint density at radius 3 is 2.43 bits per heavy atom. The Balaban J connectivity index is 1.49. The van der Waals surface area contributed by atoms with Gasteiger partial charge in [-0.3, -0.25) is 4.90 Å². The zero-order valence-corrected chi connectivity index (χ0v) is 17.7. The van der Waals surface area contributed by atoms with Crippen LogP contribution in [0.5, 0.6) is 0 Å². The highest BCUT2D eigenvalue weighted by molar-refractivity contribution is 6.30. The van der Waals surface area contributed by atoms with Gasteiger partial charge in [0.1, 0.15) is 0 Å². The highest BCUT2D eigenvalue weighted by Gasteiger charge is 2.47. The smallest absolute Gasteiger partial charge is 0.335 e. The van der Waals surface area contributed by atoms with Crippen LogP contribution in [0, 0.1) is 0 Å². The largest absolute Gasteiger partial charge is 0.478 e. The molecule has 2 fully saturated rings. The predicted octanol–water partition coefficient (Wildman–Crippen LogP) is 4.47. The number of carboxylic acids is 1. The van der Waals surface area contributed by atoms with E-state index in [4.69, 9.17) is 17.3 Å². The molecule has 1 aliphatic heterocycles. The number of amides is 2. The molecule has 0 atom stereocenters. The fourth-order valence-corrected chi connectivity index (χ4v) is 4.87. The molecule has 0 radical (unpaired) electrons. The van der Waals surface area contributed by atoms with Gasteiger partial charge >= 0.3 is 12.0 Å². The Kier molecular flexibility index (Phi) is 5.24. The fourth-order valence-electron chi connectivity index (χ4n) is 4.68. The predicted molar refractivity (Wildman–Crippen MR) is 117 cm³/mol. The van der Waals surface area contributed by atoms with E-state index < -0.39 is 11.5 Å². The van der Waals surface area contributed by atoms with Crippen LogP contribution >= 0.6 is 11.6 Å². The first-order valence-electron chi connectivity index (χ1n) is 10.2. The van der Waals surface area contributed by atoms with Crippen LogP contribution in [0.3, 0.4) is 0 Å². The molecular weight excluding hydrogens is 402 g/mol. The summed E-state index contributed by atoms with van der Waals surface area (Å²) in [7, 11) is 0. The molecule has 6 nitrogen and oxygen atoms in total. The second-order valence-electron chi connectivity index (χ2n) is 8.60. The van der Waals surface area contributed by atoms with Crippen molar-refractivity contribution in [2.75, 3.05) is 18.0 Å². The third-order valence-electron chi connectivity index (χ3n) is 6.68. The van der Waals surface area contributed by atoms with Crippen molar-refractivity contribution < 1.29 is 14.7 Å². The van der Waals surface area contributed by atoms with Crippen LogP contribution in [-0.2, 0) is 5.54 Å². The van der Waals surface area contributed by atoms with E-state index in [0.717, 1.165) is 31.2 Å². The van der Waals surface area contributed by atoms with Gasteiger partial charge in [0.05, 0.1) is 5.56 Å². The maximum atomic E-state index is 13.2. The average molecular weight is 428 g/mol. The molecule has 1 saturated carbocycles. The zero-order chi connectivity index (χ0) is 21.5. The molecule has 158 valence electrons. The van der Waals surface area contributed by atoms with Gasteiger partial charge in [-0.1, -0.05) is 29.8 Å². The SMILES string of the molecule is CC1(N2CCN(c3cccc(C(=O)O)c3)C2=O)CCC(N)(c2cccc(Cl)c2)CC1. The number of halogens is 1. The van der Waals surface area contributed by atoms with Gasteiger partial charge < -0.3 is 15.7 Å². The standard InChI is InChI=1S/C23H26ClN3O3/c1-22(8-10-23(25,11-9-22)17-5-3-6-18(24)15-17)27-13-12-26(21(27)30)19-7-2-4-16(14-19)20(28)29/h2-7,14-15H,8-13,25H2,1H3,(H,28,29). The van der Waals surface area contributed by atoms with Crippen LogP contribution in [0.4, 0.5) is 10.5 Å². The summed E-state index contributed by atoms with van der Waals surface area (Å²) in [6, 6.07) is 14.2. The van der Waals surface area contributed by atoms with E-state index in [2.05, 4.69) is 6.92 Å². The number of carbonyl (C=O) groups is 2. The molecule has 1 saturated heterocycles. The van der Waals surface area contributed by atoms with Gasteiger partial charge in [0, 0.05) is 34.9 Å². The molecule has 0 spiro atoms. The monoisotopic (exact) mass is 427 g/mol. The van der Waals surface area contributed by atoms with Crippen molar-refractivity contribution in [3.8, 4) is 0 Å². The maximum Gasteiger partial charge on any atom is 0.335 e.